The third-order valence-corrected chi connectivity index (χ3v) is 3.58. The molecule has 0 aliphatic rings. The number of aliphatic imine (C=N–C) groups is 1. The van der Waals surface area contributed by atoms with E-state index in [2.05, 4.69) is 42.3 Å². The molecule has 0 atom stereocenters. The minimum absolute atomic E-state index is 0.856. The van der Waals surface area contributed by atoms with E-state index in [-0.39, 0.29) is 0 Å². The van der Waals surface area contributed by atoms with Gasteiger partial charge in [0, 0.05) is 29.6 Å². The summed E-state index contributed by atoms with van der Waals surface area (Å²) in [5, 5.41) is 2.38. The van der Waals surface area contributed by atoms with E-state index in [4.69, 9.17) is 4.42 Å². The highest BCUT2D eigenvalue weighted by molar-refractivity contribution is 6.06. The van der Waals surface area contributed by atoms with Crippen LogP contribution in [0.25, 0.3) is 21.9 Å². The van der Waals surface area contributed by atoms with E-state index in [1.165, 1.54) is 21.9 Å². The molecular formula is C18H17NO. The molecule has 2 nitrogen and oxygen atoms in total. The van der Waals surface area contributed by atoms with Crippen LogP contribution in [-0.4, -0.2) is 13.3 Å². The molecule has 0 bridgehead atoms. The summed E-state index contributed by atoms with van der Waals surface area (Å²) in [6.45, 7) is 2.13. The highest BCUT2D eigenvalue weighted by Crippen LogP contribution is 2.32. The second-order valence-corrected chi connectivity index (χ2v) is 4.88. The van der Waals surface area contributed by atoms with Gasteiger partial charge in [0.05, 0.1) is 0 Å². The first-order valence-electron chi connectivity index (χ1n) is 6.78. The van der Waals surface area contributed by atoms with Crippen LogP contribution < -0.4 is 0 Å². The van der Waals surface area contributed by atoms with Crippen LogP contribution >= 0.6 is 0 Å². The van der Waals surface area contributed by atoms with Crippen molar-refractivity contribution in [3.05, 3.63) is 59.7 Å². The molecule has 0 spiro atoms. The Labute approximate surface area is 118 Å². The first kappa shape index (κ1) is 12.7. The normalized spacial score (nSPS) is 12.3. The van der Waals surface area contributed by atoms with Crippen molar-refractivity contribution in [2.24, 2.45) is 4.99 Å². The predicted molar refractivity (Wildman–Crippen MR) is 85.7 cm³/mol. The Morgan fingerprint density at radius 2 is 1.95 bits per heavy atom. The summed E-state index contributed by atoms with van der Waals surface area (Å²) in [6.07, 6.45) is 6.74. The van der Waals surface area contributed by atoms with E-state index in [9.17, 15) is 0 Å². The largest absolute Gasteiger partial charge is 0.456 e. The van der Waals surface area contributed by atoms with Gasteiger partial charge in [-0.1, -0.05) is 36.4 Å². The summed E-state index contributed by atoms with van der Waals surface area (Å²) in [4.78, 5) is 3.95. The van der Waals surface area contributed by atoms with Crippen molar-refractivity contribution in [1.82, 2.24) is 0 Å². The molecule has 1 heterocycles. The van der Waals surface area contributed by atoms with Crippen molar-refractivity contribution in [3.8, 4) is 0 Å². The Bertz CT molecular complexity index is 809. The predicted octanol–water partition coefficient (Wildman–Crippen LogP) is 4.69. The molecule has 0 radical (unpaired) electrons. The Kier molecular flexibility index (Phi) is 3.38. The number of fused-ring (bicyclic) bond motifs is 3. The van der Waals surface area contributed by atoms with Gasteiger partial charge >= 0.3 is 0 Å². The highest BCUT2D eigenvalue weighted by Gasteiger charge is 2.11. The van der Waals surface area contributed by atoms with Crippen molar-refractivity contribution < 1.29 is 4.42 Å². The fourth-order valence-electron chi connectivity index (χ4n) is 2.53. The molecule has 0 aliphatic carbocycles. The number of allylic oxidation sites excluding steroid dienone is 2. The van der Waals surface area contributed by atoms with Crippen molar-refractivity contribution in [2.75, 3.05) is 7.05 Å². The van der Waals surface area contributed by atoms with Gasteiger partial charge in [0.1, 0.15) is 11.2 Å². The van der Waals surface area contributed by atoms with Crippen molar-refractivity contribution >= 4 is 28.2 Å². The average molecular weight is 263 g/mol. The monoisotopic (exact) mass is 263 g/mol. The van der Waals surface area contributed by atoms with E-state index < -0.39 is 0 Å². The molecule has 2 aromatic carbocycles. The van der Waals surface area contributed by atoms with Gasteiger partial charge in [0.15, 0.2) is 0 Å². The molecule has 0 fully saturated rings. The minimum atomic E-state index is 0.856. The van der Waals surface area contributed by atoms with Crippen LogP contribution in [0, 0.1) is 6.92 Å². The molecule has 1 aromatic heterocycles. The maximum atomic E-state index is 6.05. The number of rotatable bonds is 3. The van der Waals surface area contributed by atoms with Gasteiger partial charge in [-0.15, -0.1) is 0 Å². The summed E-state index contributed by atoms with van der Waals surface area (Å²) in [5.74, 6) is 0. The molecule has 100 valence electrons. The lowest BCUT2D eigenvalue weighted by atomic mass is 10.0. The van der Waals surface area contributed by atoms with Crippen LogP contribution in [0.3, 0.4) is 0 Å². The van der Waals surface area contributed by atoms with E-state index in [0.717, 1.165) is 17.6 Å². The van der Waals surface area contributed by atoms with Gasteiger partial charge in [-0.25, -0.2) is 0 Å². The summed E-state index contributed by atoms with van der Waals surface area (Å²) >= 11 is 0. The van der Waals surface area contributed by atoms with Crippen LogP contribution in [0.2, 0.25) is 0 Å². The second-order valence-electron chi connectivity index (χ2n) is 4.88. The fourth-order valence-corrected chi connectivity index (χ4v) is 2.53. The standard InChI is InChI=1S/C18H17NO/c1-13-10-11-16-15-8-3-4-9-17(15)20-18(16)14(13)7-5-6-12-19-2/h3-6,8-12H,7H2,1-2H3/b6-5-,19-12?. The quantitative estimate of drug-likeness (QED) is 0.629. The van der Waals surface area contributed by atoms with E-state index >= 15 is 0 Å². The van der Waals surface area contributed by atoms with Gasteiger partial charge in [0.25, 0.3) is 0 Å². The van der Waals surface area contributed by atoms with Gasteiger partial charge in [-0.2, -0.15) is 0 Å². The highest BCUT2D eigenvalue weighted by atomic mass is 16.3. The van der Waals surface area contributed by atoms with Crippen molar-refractivity contribution in [1.29, 1.82) is 0 Å². The Hall–Kier alpha value is -2.35. The first-order chi connectivity index (χ1) is 9.81. The lowest BCUT2D eigenvalue weighted by molar-refractivity contribution is 0.664. The number of hydrogen-bond donors (Lipinski definition) is 0. The number of aryl methyl sites for hydroxylation is 1. The Balaban J connectivity index is 2.16. The summed E-state index contributed by atoms with van der Waals surface area (Å²) < 4.78 is 6.05. The third-order valence-electron chi connectivity index (χ3n) is 3.58. The molecule has 0 saturated heterocycles. The van der Waals surface area contributed by atoms with Crippen LogP contribution in [0.4, 0.5) is 0 Å². The van der Waals surface area contributed by atoms with Crippen LogP contribution in [0.1, 0.15) is 11.1 Å². The number of benzene rings is 2. The summed E-state index contributed by atoms with van der Waals surface area (Å²) in [6, 6.07) is 12.5. The SMILES string of the molecule is CN=C/C=C\Cc1c(C)ccc2c1oc1ccccc12. The van der Waals surface area contributed by atoms with Crippen LogP contribution in [-0.2, 0) is 6.42 Å². The third kappa shape index (κ3) is 2.14. The maximum Gasteiger partial charge on any atom is 0.139 e. The molecule has 0 saturated carbocycles. The number of furan rings is 1. The molecule has 0 unspecified atom stereocenters. The fraction of sp³-hybridized carbons (Fsp3) is 0.167. The molecule has 0 aliphatic heterocycles. The Morgan fingerprint density at radius 3 is 2.80 bits per heavy atom. The number of hydrogen-bond acceptors (Lipinski definition) is 2. The second kappa shape index (κ2) is 5.33. The molecule has 3 rings (SSSR count). The van der Waals surface area contributed by atoms with Gasteiger partial charge in [0.2, 0.25) is 0 Å². The van der Waals surface area contributed by atoms with Crippen LogP contribution in [0.5, 0.6) is 0 Å². The zero-order valence-corrected chi connectivity index (χ0v) is 11.8. The van der Waals surface area contributed by atoms with E-state index in [1.54, 1.807) is 13.3 Å². The molecule has 20 heavy (non-hydrogen) atoms. The number of para-hydroxylation sites is 1. The lowest BCUT2D eigenvalue weighted by Gasteiger charge is -2.03. The molecule has 2 heteroatoms. The van der Waals surface area contributed by atoms with E-state index in [0.29, 0.717) is 0 Å². The van der Waals surface area contributed by atoms with Gasteiger partial charge < -0.3 is 4.42 Å². The molecule has 0 amide bonds. The smallest absolute Gasteiger partial charge is 0.139 e. The summed E-state index contributed by atoms with van der Waals surface area (Å²) in [5.41, 5.74) is 4.46. The zero-order chi connectivity index (χ0) is 13.9. The zero-order valence-electron chi connectivity index (χ0n) is 11.8. The topological polar surface area (TPSA) is 25.5 Å². The summed E-state index contributed by atoms with van der Waals surface area (Å²) in [7, 11) is 1.77. The van der Waals surface area contributed by atoms with E-state index in [1.807, 2.05) is 18.2 Å². The molecule has 0 N–H and O–H groups in total. The van der Waals surface area contributed by atoms with Gasteiger partial charge in [-0.05, 0) is 31.1 Å². The molecule has 3 aromatic rings. The maximum absolute atomic E-state index is 6.05. The Morgan fingerprint density at radius 1 is 1.10 bits per heavy atom. The first-order valence-corrected chi connectivity index (χ1v) is 6.78. The van der Waals surface area contributed by atoms with Crippen LogP contribution in [0.15, 0.2) is 58.0 Å². The number of nitrogens with zero attached hydrogens (tertiary/aromatic N) is 1. The molecular weight excluding hydrogens is 246 g/mol. The van der Waals surface area contributed by atoms with Crippen molar-refractivity contribution in [3.63, 3.8) is 0 Å². The average Bonchev–Trinajstić information content (AvgIpc) is 2.84. The van der Waals surface area contributed by atoms with Crippen molar-refractivity contribution in [2.45, 2.75) is 13.3 Å². The lowest BCUT2D eigenvalue weighted by Crippen LogP contribution is -1.87. The minimum Gasteiger partial charge on any atom is -0.456 e. The van der Waals surface area contributed by atoms with Gasteiger partial charge in [-0.3, -0.25) is 4.99 Å².